The molecule has 0 radical (unpaired) electrons. The van der Waals surface area contributed by atoms with E-state index in [1.807, 2.05) is 0 Å². The molecule has 94 valence electrons. The Hall–Kier alpha value is -1.11. The summed E-state index contributed by atoms with van der Waals surface area (Å²) in [6, 6.07) is 0. The maximum Gasteiger partial charge on any atom is 0.340 e. The Labute approximate surface area is 104 Å². The van der Waals surface area contributed by atoms with Crippen LogP contribution in [-0.2, 0) is 10.1 Å². The van der Waals surface area contributed by atoms with Crippen LogP contribution in [0.4, 0.5) is 13.2 Å². The second kappa shape index (κ2) is 6.00. The summed E-state index contributed by atoms with van der Waals surface area (Å²) in [7, 11) is 0. The molecule has 0 aliphatic rings. The number of hydrogen-bond donors (Lipinski definition) is 0. The predicted molar refractivity (Wildman–Crippen MR) is 57.7 cm³/mol. The summed E-state index contributed by atoms with van der Waals surface area (Å²) in [6.07, 6.45) is -2.12. The maximum atomic E-state index is 13.6. The first kappa shape index (κ1) is 14.0. The highest BCUT2D eigenvalue weighted by Gasteiger charge is 2.23. The molecule has 1 aromatic heterocycles. The fourth-order valence-corrected chi connectivity index (χ4v) is 1.76. The van der Waals surface area contributed by atoms with Crippen molar-refractivity contribution in [1.82, 2.24) is 4.98 Å². The van der Waals surface area contributed by atoms with Gasteiger partial charge in [0.1, 0.15) is 5.69 Å². The number of hydrogen-bond acceptors (Lipinski definition) is 3. The van der Waals surface area contributed by atoms with Crippen molar-refractivity contribution in [2.75, 3.05) is 6.61 Å². The Bertz CT molecular complexity index is 426. The van der Waals surface area contributed by atoms with Gasteiger partial charge in [0.25, 0.3) is 6.43 Å². The van der Waals surface area contributed by atoms with Crippen molar-refractivity contribution >= 4 is 21.9 Å². The standard InChI is InChI=1S/C10H9BrF3NO2/c1-2-17-10(16)6-4-15-8(9(13)14)7(12)5(6)3-11/h4,9H,2-3H2,1H3. The number of rotatable bonds is 4. The van der Waals surface area contributed by atoms with Crippen molar-refractivity contribution < 1.29 is 22.7 Å². The second-order valence-electron chi connectivity index (χ2n) is 3.00. The summed E-state index contributed by atoms with van der Waals surface area (Å²) in [6.45, 7) is 1.70. The molecule has 0 unspecified atom stereocenters. The first-order valence-electron chi connectivity index (χ1n) is 4.71. The van der Waals surface area contributed by atoms with E-state index < -0.39 is 23.9 Å². The van der Waals surface area contributed by atoms with Gasteiger partial charge in [-0.05, 0) is 6.92 Å². The van der Waals surface area contributed by atoms with E-state index in [0.717, 1.165) is 6.20 Å². The molecule has 1 rings (SSSR count). The van der Waals surface area contributed by atoms with Crippen LogP contribution in [0.2, 0.25) is 0 Å². The van der Waals surface area contributed by atoms with Gasteiger partial charge in [-0.1, -0.05) is 15.9 Å². The van der Waals surface area contributed by atoms with Crippen LogP contribution in [-0.4, -0.2) is 17.6 Å². The lowest BCUT2D eigenvalue weighted by Crippen LogP contribution is -2.12. The number of carbonyl (C=O) groups is 1. The van der Waals surface area contributed by atoms with Gasteiger partial charge in [-0.25, -0.2) is 18.0 Å². The summed E-state index contributed by atoms with van der Waals surface area (Å²) in [4.78, 5) is 14.7. The van der Waals surface area contributed by atoms with Crippen molar-refractivity contribution in [3.05, 3.63) is 28.8 Å². The average Bonchev–Trinajstić information content (AvgIpc) is 2.28. The molecular formula is C10H9BrF3NO2. The molecule has 0 aliphatic carbocycles. The van der Waals surface area contributed by atoms with Gasteiger partial charge in [-0.3, -0.25) is 4.98 Å². The number of esters is 1. The number of carbonyl (C=O) groups excluding carboxylic acids is 1. The van der Waals surface area contributed by atoms with Crippen LogP contribution >= 0.6 is 15.9 Å². The topological polar surface area (TPSA) is 39.2 Å². The molecule has 3 nitrogen and oxygen atoms in total. The molecule has 0 spiro atoms. The van der Waals surface area contributed by atoms with Gasteiger partial charge >= 0.3 is 5.97 Å². The van der Waals surface area contributed by atoms with E-state index in [0.29, 0.717) is 0 Å². The smallest absolute Gasteiger partial charge is 0.340 e. The minimum atomic E-state index is -3.02. The van der Waals surface area contributed by atoms with E-state index in [1.165, 1.54) is 0 Å². The van der Waals surface area contributed by atoms with Crippen molar-refractivity contribution in [3.8, 4) is 0 Å². The Morgan fingerprint density at radius 2 is 2.24 bits per heavy atom. The zero-order valence-electron chi connectivity index (χ0n) is 8.84. The predicted octanol–water partition coefficient (Wildman–Crippen LogP) is 3.23. The Balaban J connectivity index is 3.25. The Morgan fingerprint density at radius 3 is 2.71 bits per heavy atom. The van der Waals surface area contributed by atoms with Crippen LogP contribution in [0.1, 0.15) is 35.0 Å². The molecule has 0 fully saturated rings. The molecule has 0 bridgehead atoms. The number of pyridine rings is 1. The summed E-state index contributed by atoms with van der Waals surface area (Å²) in [5.41, 5.74) is -1.29. The molecule has 1 heterocycles. The molecule has 0 N–H and O–H groups in total. The molecular weight excluding hydrogens is 303 g/mol. The summed E-state index contributed by atoms with van der Waals surface area (Å²) >= 11 is 2.94. The van der Waals surface area contributed by atoms with Crippen LogP contribution in [0.3, 0.4) is 0 Å². The van der Waals surface area contributed by atoms with Crippen LogP contribution in [0, 0.1) is 5.82 Å². The fraction of sp³-hybridized carbons (Fsp3) is 0.400. The van der Waals surface area contributed by atoms with Crippen molar-refractivity contribution in [1.29, 1.82) is 0 Å². The van der Waals surface area contributed by atoms with E-state index >= 15 is 0 Å². The second-order valence-corrected chi connectivity index (χ2v) is 3.57. The van der Waals surface area contributed by atoms with Crippen molar-refractivity contribution in [3.63, 3.8) is 0 Å². The summed E-state index contributed by atoms with van der Waals surface area (Å²) in [5, 5.41) is -0.0742. The van der Waals surface area contributed by atoms with Crippen LogP contribution in [0.5, 0.6) is 0 Å². The first-order valence-corrected chi connectivity index (χ1v) is 5.83. The zero-order valence-corrected chi connectivity index (χ0v) is 10.4. The molecule has 0 aliphatic heterocycles. The molecule has 0 saturated heterocycles. The van der Waals surface area contributed by atoms with Crippen molar-refractivity contribution in [2.24, 2.45) is 0 Å². The lowest BCUT2D eigenvalue weighted by atomic mass is 10.1. The molecule has 0 atom stereocenters. The minimum absolute atomic E-state index is 0.0742. The third-order valence-electron chi connectivity index (χ3n) is 1.98. The van der Waals surface area contributed by atoms with Gasteiger partial charge in [0.05, 0.1) is 12.2 Å². The van der Waals surface area contributed by atoms with Gasteiger partial charge in [0.15, 0.2) is 5.82 Å². The Kier molecular flexibility index (Phi) is 4.92. The monoisotopic (exact) mass is 311 g/mol. The zero-order chi connectivity index (χ0) is 13.0. The Morgan fingerprint density at radius 1 is 1.59 bits per heavy atom. The van der Waals surface area contributed by atoms with Gasteiger partial charge in [-0.15, -0.1) is 0 Å². The normalized spacial score (nSPS) is 10.7. The highest BCUT2D eigenvalue weighted by atomic mass is 79.9. The van der Waals surface area contributed by atoms with Gasteiger partial charge in [0.2, 0.25) is 0 Å². The largest absolute Gasteiger partial charge is 0.462 e. The van der Waals surface area contributed by atoms with Gasteiger partial charge in [0, 0.05) is 17.1 Å². The number of alkyl halides is 3. The van der Waals surface area contributed by atoms with E-state index in [1.54, 1.807) is 6.92 Å². The summed E-state index contributed by atoms with van der Waals surface area (Å²) in [5.74, 6) is -1.96. The van der Waals surface area contributed by atoms with Crippen LogP contribution in [0.25, 0.3) is 0 Å². The SMILES string of the molecule is CCOC(=O)c1cnc(C(F)F)c(F)c1CBr. The van der Waals surface area contributed by atoms with E-state index in [2.05, 4.69) is 25.7 Å². The van der Waals surface area contributed by atoms with E-state index in [4.69, 9.17) is 0 Å². The van der Waals surface area contributed by atoms with E-state index in [-0.39, 0.29) is 23.1 Å². The quantitative estimate of drug-likeness (QED) is 0.633. The molecule has 7 heteroatoms. The lowest BCUT2D eigenvalue weighted by Gasteiger charge is -2.10. The first-order chi connectivity index (χ1) is 8.02. The molecule has 0 amide bonds. The molecule has 1 aromatic rings. The highest BCUT2D eigenvalue weighted by Crippen LogP contribution is 2.25. The van der Waals surface area contributed by atoms with Crippen LogP contribution in [0.15, 0.2) is 6.20 Å². The third kappa shape index (κ3) is 2.96. The number of halogens is 4. The van der Waals surface area contributed by atoms with E-state index in [9.17, 15) is 18.0 Å². The van der Waals surface area contributed by atoms with Gasteiger partial charge < -0.3 is 4.74 Å². The number of nitrogens with zero attached hydrogens (tertiary/aromatic N) is 1. The number of aromatic nitrogens is 1. The van der Waals surface area contributed by atoms with Crippen molar-refractivity contribution in [2.45, 2.75) is 18.7 Å². The highest BCUT2D eigenvalue weighted by molar-refractivity contribution is 9.08. The lowest BCUT2D eigenvalue weighted by molar-refractivity contribution is 0.0523. The fourth-order valence-electron chi connectivity index (χ4n) is 1.21. The van der Waals surface area contributed by atoms with Gasteiger partial charge in [-0.2, -0.15) is 0 Å². The third-order valence-corrected chi connectivity index (χ3v) is 2.54. The molecule has 0 aromatic carbocycles. The minimum Gasteiger partial charge on any atom is -0.462 e. The molecule has 17 heavy (non-hydrogen) atoms. The number of ether oxygens (including phenoxy) is 1. The molecule has 0 saturated carbocycles. The van der Waals surface area contributed by atoms with Crippen LogP contribution < -0.4 is 0 Å². The maximum absolute atomic E-state index is 13.6. The average molecular weight is 312 g/mol. The summed E-state index contributed by atoms with van der Waals surface area (Å²) < 4.78 is 43.1.